The van der Waals surface area contributed by atoms with Gasteiger partial charge in [-0.3, -0.25) is 4.98 Å². The minimum atomic E-state index is 0.320. The lowest BCUT2D eigenvalue weighted by molar-refractivity contribution is 1.19. The van der Waals surface area contributed by atoms with Gasteiger partial charge in [0.25, 0.3) is 0 Å². The van der Waals surface area contributed by atoms with Gasteiger partial charge >= 0.3 is 0 Å². The van der Waals surface area contributed by atoms with E-state index in [1.807, 2.05) is 25.1 Å². The van der Waals surface area contributed by atoms with Crippen LogP contribution in [0.5, 0.6) is 0 Å². The lowest BCUT2D eigenvalue weighted by Crippen LogP contribution is -2.12. The molecular weight excluding hydrogens is 232 g/mol. The van der Waals surface area contributed by atoms with Crippen molar-refractivity contribution >= 4 is 28.7 Å². The molecule has 4 nitrogen and oxygen atoms in total. The molecule has 0 saturated carbocycles. The Balaban J connectivity index is 2.30. The minimum Gasteiger partial charge on any atom is -0.389 e. The van der Waals surface area contributed by atoms with Gasteiger partial charge in [-0.2, -0.15) is 0 Å². The highest BCUT2D eigenvalue weighted by atomic mass is 32.1. The fraction of sp³-hybridized carbons (Fsp3) is 0.0833. The van der Waals surface area contributed by atoms with Crippen LogP contribution in [0.15, 0.2) is 36.7 Å². The molecule has 0 amide bonds. The van der Waals surface area contributed by atoms with Crippen molar-refractivity contribution in [1.82, 2.24) is 9.97 Å². The van der Waals surface area contributed by atoms with Crippen molar-refractivity contribution in [1.29, 1.82) is 0 Å². The lowest BCUT2D eigenvalue weighted by Gasteiger charge is -2.09. The van der Waals surface area contributed by atoms with Gasteiger partial charge in [-0.25, -0.2) is 4.98 Å². The fourth-order valence-corrected chi connectivity index (χ4v) is 1.55. The first-order valence-corrected chi connectivity index (χ1v) is 5.52. The summed E-state index contributed by atoms with van der Waals surface area (Å²) >= 11 is 4.97. The molecule has 0 aliphatic rings. The lowest BCUT2D eigenvalue weighted by atomic mass is 10.2. The molecule has 3 N–H and O–H groups in total. The van der Waals surface area contributed by atoms with Gasteiger partial charge in [0.05, 0.1) is 17.4 Å². The standard InChI is InChI=1S/C12H12N4S/c1-8-4-5-9(7-15-8)16-12-10(11(13)17)3-2-6-14-12/h2-7H,1H3,(H2,13,17)(H,14,16). The van der Waals surface area contributed by atoms with Crippen molar-refractivity contribution in [2.75, 3.05) is 5.32 Å². The Morgan fingerprint density at radius 3 is 2.76 bits per heavy atom. The number of hydrogen-bond acceptors (Lipinski definition) is 4. The van der Waals surface area contributed by atoms with Gasteiger partial charge in [0, 0.05) is 11.9 Å². The van der Waals surface area contributed by atoms with Gasteiger partial charge in [0.2, 0.25) is 0 Å². The summed E-state index contributed by atoms with van der Waals surface area (Å²) in [5.41, 5.74) is 8.17. The van der Waals surface area contributed by atoms with Crippen LogP contribution in [0.2, 0.25) is 0 Å². The van der Waals surface area contributed by atoms with Crippen LogP contribution in [-0.2, 0) is 0 Å². The maximum atomic E-state index is 5.63. The van der Waals surface area contributed by atoms with E-state index < -0.39 is 0 Å². The van der Waals surface area contributed by atoms with Crippen molar-refractivity contribution in [2.24, 2.45) is 5.73 Å². The predicted octanol–water partition coefficient (Wildman–Crippen LogP) is 2.16. The monoisotopic (exact) mass is 244 g/mol. The second-order valence-electron chi connectivity index (χ2n) is 3.58. The van der Waals surface area contributed by atoms with E-state index in [1.54, 1.807) is 18.5 Å². The minimum absolute atomic E-state index is 0.320. The molecule has 0 radical (unpaired) electrons. The van der Waals surface area contributed by atoms with Gasteiger partial charge in [-0.15, -0.1) is 0 Å². The van der Waals surface area contributed by atoms with Gasteiger partial charge in [-0.05, 0) is 31.2 Å². The summed E-state index contributed by atoms with van der Waals surface area (Å²) in [6.07, 6.45) is 3.43. The number of nitrogens with one attached hydrogen (secondary N) is 1. The molecule has 0 aromatic carbocycles. The number of thiocarbonyl (C=S) groups is 1. The molecule has 0 aliphatic carbocycles. The van der Waals surface area contributed by atoms with E-state index in [-0.39, 0.29) is 0 Å². The van der Waals surface area contributed by atoms with E-state index >= 15 is 0 Å². The quantitative estimate of drug-likeness (QED) is 0.810. The SMILES string of the molecule is Cc1ccc(Nc2ncccc2C(N)=S)cn1. The zero-order chi connectivity index (χ0) is 12.3. The first-order chi connectivity index (χ1) is 8.16. The highest BCUT2D eigenvalue weighted by Crippen LogP contribution is 2.17. The van der Waals surface area contributed by atoms with Crippen molar-refractivity contribution in [2.45, 2.75) is 6.92 Å². The summed E-state index contributed by atoms with van der Waals surface area (Å²) in [6.45, 7) is 1.94. The number of nitrogens with zero attached hydrogens (tertiary/aromatic N) is 2. The third kappa shape index (κ3) is 2.76. The molecule has 0 spiro atoms. The molecular formula is C12H12N4S. The molecule has 0 unspecified atom stereocenters. The third-order valence-electron chi connectivity index (χ3n) is 2.25. The van der Waals surface area contributed by atoms with E-state index in [2.05, 4.69) is 15.3 Å². The zero-order valence-electron chi connectivity index (χ0n) is 9.34. The summed E-state index contributed by atoms with van der Waals surface area (Å²) in [7, 11) is 0. The highest BCUT2D eigenvalue weighted by molar-refractivity contribution is 7.80. The Hall–Kier alpha value is -2.01. The average Bonchev–Trinajstić information content (AvgIpc) is 2.32. The summed E-state index contributed by atoms with van der Waals surface area (Å²) in [4.78, 5) is 8.73. The van der Waals surface area contributed by atoms with Crippen molar-refractivity contribution in [3.8, 4) is 0 Å². The van der Waals surface area contributed by atoms with Crippen molar-refractivity contribution < 1.29 is 0 Å². The number of hydrogen-bond donors (Lipinski definition) is 2. The number of anilines is 2. The molecule has 2 aromatic heterocycles. The highest BCUT2D eigenvalue weighted by Gasteiger charge is 2.05. The van der Waals surface area contributed by atoms with Crippen LogP contribution in [0.1, 0.15) is 11.3 Å². The van der Waals surface area contributed by atoms with Crippen LogP contribution in [0.4, 0.5) is 11.5 Å². The summed E-state index contributed by atoms with van der Waals surface area (Å²) in [6, 6.07) is 7.48. The Kier molecular flexibility index (Phi) is 3.30. The molecule has 5 heteroatoms. The number of nitrogens with two attached hydrogens (primary N) is 1. The number of aryl methyl sites for hydroxylation is 1. The van der Waals surface area contributed by atoms with Crippen LogP contribution in [0.3, 0.4) is 0 Å². The number of pyridine rings is 2. The Labute approximate surface area is 105 Å². The van der Waals surface area contributed by atoms with E-state index in [0.717, 1.165) is 16.9 Å². The Morgan fingerprint density at radius 1 is 1.29 bits per heavy atom. The van der Waals surface area contributed by atoms with Crippen LogP contribution in [0, 0.1) is 6.92 Å². The summed E-state index contributed by atoms with van der Waals surface area (Å²) < 4.78 is 0. The molecule has 17 heavy (non-hydrogen) atoms. The topological polar surface area (TPSA) is 63.8 Å². The van der Waals surface area contributed by atoms with Crippen LogP contribution in [0.25, 0.3) is 0 Å². The maximum absolute atomic E-state index is 5.63. The second kappa shape index (κ2) is 4.88. The molecule has 0 bridgehead atoms. The van der Waals surface area contributed by atoms with E-state index in [1.165, 1.54) is 0 Å². The first kappa shape index (κ1) is 11.5. The fourth-order valence-electron chi connectivity index (χ4n) is 1.38. The zero-order valence-corrected chi connectivity index (χ0v) is 10.2. The first-order valence-electron chi connectivity index (χ1n) is 5.11. The van der Waals surface area contributed by atoms with Crippen LogP contribution < -0.4 is 11.1 Å². The average molecular weight is 244 g/mol. The van der Waals surface area contributed by atoms with E-state index in [9.17, 15) is 0 Å². The molecule has 0 fully saturated rings. The normalized spacial score (nSPS) is 9.94. The molecule has 0 aliphatic heterocycles. The van der Waals surface area contributed by atoms with Gasteiger partial charge in [-0.1, -0.05) is 12.2 Å². The van der Waals surface area contributed by atoms with Crippen molar-refractivity contribution in [3.05, 3.63) is 47.9 Å². The Bertz CT molecular complexity index is 536. The van der Waals surface area contributed by atoms with E-state index in [0.29, 0.717) is 10.8 Å². The van der Waals surface area contributed by atoms with Crippen LogP contribution in [-0.4, -0.2) is 15.0 Å². The van der Waals surface area contributed by atoms with Gasteiger partial charge in [0.1, 0.15) is 10.8 Å². The molecule has 2 aromatic rings. The second-order valence-corrected chi connectivity index (χ2v) is 4.02. The largest absolute Gasteiger partial charge is 0.389 e. The number of aromatic nitrogens is 2. The van der Waals surface area contributed by atoms with Gasteiger partial charge in [0.15, 0.2) is 0 Å². The molecule has 2 heterocycles. The molecule has 0 saturated heterocycles. The molecule has 2 rings (SSSR count). The van der Waals surface area contributed by atoms with Crippen molar-refractivity contribution in [3.63, 3.8) is 0 Å². The number of rotatable bonds is 3. The Morgan fingerprint density at radius 2 is 2.12 bits per heavy atom. The van der Waals surface area contributed by atoms with E-state index in [4.69, 9.17) is 18.0 Å². The van der Waals surface area contributed by atoms with Crippen LogP contribution >= 0.6 is 12.2 Å². The predicted molar refractivity (Wildman–Crippen MR) is 72.4 cm³/mol. The van der Waals surface area contributed by atoms with Gasteiger partial charge < -0.3 is 11.1 Å². The summed E-state index contributed by atoms with van der Waals surface area (Å²) in [5, 5.41) is 3.14. The smallest absolute Gasteiger partial charge is 0.140 e. The molecule has 86 valence electrons. The third-order valence-corrected chi connectivity index (χ3v) is 2.47. The summed E-state index contributed by atoms with van der Waals surface area (Å²) in [5.74, 6) is 0.644. The molecule has 0 atom stereocenters. The maximum Gasteiger partial charge on any atom is 0.140 e.